The Balaban J connectivity index is 2.18. The minimum absolute atomic E-state index is 0.273. The molecule has 1 aromatic heterocycles. The number of rotatable bonds is 6. The SMILES string of the molecule is CCCNC(Cn1nc(C)nc1C)c1ccc(C)cc1. The first-order chi connectivity index (χ1) is 9.60. The fraction of sp³-hybridized carbons (Fsp3) is 0.500. The van der Waals surface area contributed by atoms with Crippen LogP contribution >= 0.6 is 0 Å². The number of aryl methyl sites for hydroxylation is 3. The summed E-state index contributed by atoms with van der Waals surface area (Å²) in [6, 6.07) is 8.99. The minimum atomic E-state index is 0.273. The largest absolute Gasteiger partial charge is 0.308 e. The predicted molar refractivity (Wildman–Crippen MR) is 81.7 cm³/mol. The second-order valence-electron chi connectivity index (χ2n) is 5.31. The van der Waals surface area contributed by atoms with E-state index in [1.807, 2.05) is 18.5 Å². The Morgan fingerprint density at radius 2 is 1.85 bits per heavy atom. The van der Waals surface area contributed by atoms with E-state index in [0.717, 1.165) is 31.2 Å². The summed E-state index contributed by atoms with van der Waals surface area (Å²) < 4.78 is 1.99. The van der Waals surface area contributed by atoms with E-state index in [1.165, 1.54) is 11.1 Å². The first-order valence-electron chi connectivity index (χ1n) is 7.28. The monoisotopic (exact) mass is 272 g/mol. The van der Waals surface area contributed by atoms with Crippen molar-refractivity contribution in [3.63, 3.8) is 0 Å². The van der Waals surface area contributed by atoms with Gasteiger partial charge in [-0.25, -0.2) is 9.67 Å². The van der Waals surface area contributed by atoms with E-state index in [9.17, 15) is 0 Å². The maximum atomic E-state index is 4.47. The predicted octanol–water partition coefficient (Wildman–Crippen LogP) is 2.94. The van der Waals surface area contributed by atoms with Gasteiger partial charge in [0.1, 0.15) is 11.6 Å². The molecule has 0 saturated heterocycles. The number of hydrogen-bond donors (Lipinski definition) is 1. The maximum absolute atomic E-state index is 4.47. The molecular weight excluding hydrogens is 248 g/mol. The summed E-state index contributed by atoms with van der Waals surface area (Å²) in [6.45, 7) is 10.1. The lowest BCUT2D eigenvalue weighted by molar-refractivity contribution is 0.431. The summed E-state index contributed by atoms with van der Waals surface area (Å²) in [6.07, 6.45) is 1.12. The summed E-state index contributed by atoms with van der Waals surface area (Å²) in [5.41, 5.74) is 2.59. The van der Waals surface area contributed by atoms with Crippen LogP contribution in [0.3, 0.4) is 0 Å². The molecule has 20 heavy (non-hydrogen) atoms. The van der Waals surface area contributed by atoms with E-state index < -0.39 is 0 Å². The lowest BCUT2D eigenvalue weighted by Crippen LogP contribution is -2.27. The second-order valence-corrected chi connectivity index (χ2v) is 5.31. The van der Waals surface area contributed by atoms with Crippen molar-refractivity contribution in [3.8, 4) is 0 Å². The minimum Gasteiger partial charge on any atom is -0.308 e. The molecule has 2 rings (SSSR count). The fourth-order valence-corrected chi connectivity index (χ4v) is 2.31. The number of aromatic nitrogens is 3. The van der Waals surface area contributed by atoms with E-state index in [4.69, 9.17) is 0 Å². The fourth-order valence-electron chi connectivity index (χ4n) is 2.31. The number of benzene rings is 1. The Morgan fingerprint density at radius 3 is 2.40 bits per heavy atom. The van der Waals surface area contributed by atoms with Crippen molar-refractivity contribution >= 4 is 0 Å². The van der Waals surface area contributed by atoms with Gasteiger partial charge in [-0.05, 0) is 39.3 Å². The highest BCUT2D eigenvalue weighted by molar-refractivity contribution is 5.24. The number of nitrogens with one attached hydrogen (secondary N) is 1. The summed E-state index contributed by atoms with van der Waals surface area (Å²) in [7, 11) is 0. The third kappa shape index (κ3) is 3.67. The molecular formula is C16H24N4. The third-order valence-corrected chi connectivity index (χ3v) is 3.44. The zero-order valence-electron chi connectivity index (χ0n) is 12.8. The Kier molecular flexibility index (Phi) is 4.90. The van der Waals surface area contributed by atoms with Crippen LogP contribution in [0.4, 0.5) is 0 Å². The second kappa shape index (κ2) is 6.66. The zero-order valence-corrected chi connectivity index (χ0v) is 12.8. The van der Waals surface area contributed by atoms with E-state index in [0.29, 0.717) is 0 Å². The highest BCUT2D eigenvalue weighted by atomic mass is 15.3. The maximum Gasteiger partial charge on any atom is 0.147 e. The number of nitrogens with zero attached hydrogens (tertiary/aromatic N) is 3. The van der Waals surface area contributed by atoms with Crippen LogP contribution in [0.1, 0.15) is 42.2 Å². The van der Waals surface area contributed by atoms with Gasteiger partial charge in [-0.2, -0.15) is 5.10 Å². The van der Waals surface area contributed by atoms with Crippen LogP contribution in [0.25, 0.3) is 0 Å². The van der Waals surface area contributed by atoms with E-state index >= 15 is 0 Å². The smallest absolute Gasteiger partial charge is 0.147 e. The molecule has 4 nitrogen and oxygen atoms in total. The van der Waals surface area contributed by atoms with Crippen LogP contribution in [-0.2, 0) is 6.54 Å². The molecule has 0 amide bonds. The molecule has 0 saturated carbocycles. The van der Waals surface area contributed by atoms with Gasteiger partial charge in [0, 0.05) is 0 Å². The van der Waals surface area contributed by atoms with Crippen molar-refractivity contribution in [1.29, 1.82) is 0 Å². The highest BCUT2D eigenvalue weighted by Crippen LogP contribution is 2.16. The molecule has 1 heterocycles. The molecule has 1 N–H and O–H groups in total. The first kappa shape index (κ1) is 14.7. The van der Waals surface area contributed by atoms with Crippen molar-refractivity contribution in [2.75, 3.05) is 6.54 Å². The van der Waals surface area contributed by atoms with E-state index in [1.54, 1.807) is 0 Å². The topological polar surface area (TPSA) is 42.7 Å². The van der Waals surface area contributed by atoms with Crippen molar-refractivity contribution < 1.29 is 0 Å². The molecule has 1 unspecified atom stereocenters. The Labute approximate surface area is 121 Å². The van der Waals surface area contributed by atoms with E-state index in [-0.39, 0.29) is 6.04 Å². The average molecular weight is 272 g/mol. The summed E-state index contributed by atoms with van der Waals surface area (Å²) >= 11 is 0. The summed E-state index contributed by atoms with van der Waals surface area (Å²) in [5, 5.41) is 8.07. The molecule has 108 valence electrons. The van der Waals surface area contributed by atoms with Gasteiger partial charge in [-0.15, -0.1) is 0 Å². The Morgan fingerprint density at radius 1 is 1.15 bits per heavy atom. The molecule has 0 bridgehead atoms. The molecule has 0 aliphatic carbocycles. The van der Waals surface area contributed by atoms with Gasteiger partial charge < -0.3 is 5.32 Å². The molecule has 2 aromatic rings. The van der Waals surface area contributed by atoms with Crippen molar-refractivity contribution in [1.82, 2.24) is 20.1 Å². The van der Waals surface area contributed by atoms with Crippen LogP contribution in [-0.4, -0.2) is 21.3 Å². The van der Waals surface area contributed by atoms with Crippen molar-refractivity contribution in [2.45, 2.75) is 46.7 Å². The van der Waals surface area contributed by atoms with E-state index in [2.05, 4.69) is 53.5 Å². The average Bonchev–Trinajstić information content (AvgIpc) is 2.74. The van der Waals surface area contributed by atoms with Crippen LogP contribution in [0.15, 0.2) is 24.3 Å². The molecule has 0 aliphatic rings. The molecule has 0 aliphatic heterocycles. The molecule has 1 aromatic carbocycles. The van der Waals surface area contributed by atoms with Gasteiger partial charge in [-0.1, -0.05) is 36.8 Å². The molecule has 0 fully saturated rings. The van der Waals surface area contributed by atoms with Crippen LogP contribution in [0, 0.1) is 20.8 Å². The molecule has 4 heteroatoms. The highest BCUT2D eigenvalue weighted by Gasteiger charge is 2.13. The Bertz CT molecular complexity index is 542. The summed E-state index contributed by atoms with van der Waals surface area (Å²) in [4.78, 5) is 4.38. The van der Waals surface area contributed by atoms with Crippen molar-refractivity contribution in [3.05, 3.63) is 47.0 Å². The molecule has 1 atom stereocenters. The quantitative estimate of drug-likeness (QED) is 0.879. The molecule has 0 radical (unpaired) electrons. The lowest BCUT2D eigenvalue weighted by Gasteiger charge is -2.19. The Hall–Kier alpha value is -1.68. The van der Waals surface area contributed by atoms with Gasteiger partial charge in [0.05, 0.1) is 12.6 Å². The standard InChI is InChI=1S/C16H24N4/c1-5-10-17-16(15-8-6-12(2)7-9-15)11-20-14(4)18-13(3)19-20/h6-9,16-17H,5,10-11H2,1-4H3. The van der Waals surface area contributed by atoms with Gasteiger partial charge in [-0.3, -0.25) is 0 Å². The normalized spacial score (nSPS) is 12.6. The zero-order chi connectivity index (χ0) is 14.5. The number of hydrogen-bond acceptors (Lipinski definition) is 3. The lowest BCUT2D eigenvalue weighted by atomic mass is 10.0. The van der Waals surface area contributed by atoms with Crippen molar-refractivity contribution in [2.24, 2.45) is 0 Å². The molecule has 0 spiro atoms. The first-order valence-corrected chi connectivity index (χ1v) is 7.28. The van der Waals surface area contributed by atoms with Gasteiger partial charge in [0.15, 0.2) is 0 Å². The van der Waals surface area contributed by atoms with Gasteiger partial charge in [0.25, 0.3) is 0 Å². The van der Waals surface area contributed by atoms with Gasteiger partial charge in [0.2, 0.25) is 0 Å². The van der Waals surface area contributed by atoms with Gasteiger partial charge >= 0.3 is 0 Å². The van der Waals surface area contributed by atoms with Crippen LogP contribution < -0.4 is 5.32 Å². The van der Waals surface area contributed by atoms with Crippen LogP contribution in [0.5, 0.6) is 0 Å². The third-order valence-electron chi connectivity index (χ3n) is 3.44. The van der Waals surface area contributed by atoms with Crippen LogP contribution in [0.2, 0.25) is 0 Å². The summed E-state index contributed by atoms with van der Waals surface area (Å²) in [5.74, 6) is 1.80.